The van der Waals surface area contributed by atoms with Gasteiger partial charge in [0.15, 0.2) is 11.7 Å². The first-order valence-corrected chi connectivity index (χ1v) is 6.67. The van der Waals surface area contributed by atoms with E-state index in [1.54, 1.807) is 13.1 Å². The van der Waals surface area contributed by atoms with Crippen LogP contribution < -0.4 is 5.32 Å². The molecule has 1 N–H and O–H groups in total. The smallest absolute Gasteiger partial charge is 0.417 e. The fraction of sp³-hybridized carbons (Fsp3) is 0.308. The highest BCUT2D eigenvalue weighted by molar-refractivity contribution is 9.10. The van der Waals surface area contributed by atoms with E-state index in [-0.39, 0.29) is 11.3 Å². The van der Waals surface area contributed by atoms with Gasteiger partial charge in [-0.2, -0.15) is 13.2 Å². The van der Waals surface area contributed by atoms with Crippen molar-refractivity contribution in [2.24, 2.45) is 0 Å². The van der Waals surface area contributed by atoms with E-state index in [0.29, 0.717) is 23.3 Å². The van der Waals surface area contributed by atoms with Crippen LogP contribution in [0.3, 0.4) is 0 Å². The highest BCUT2D eigenvalue weighted by atomic mass is 79.9. The lowest BCUT2D eigenvalue weighted by Crippen LogP contribution is -2.10. The van der Waals surface area contributed by atoms with Gasteiger partial charge in [-0.3, -0.25) is 0 Å². The van der Waals surface area contributed by atoms with Gasteiger partial charge in [-0.1, -0.05) is 15.9 Å². The molecule has 20 heavy (non-hydrogen) atoms. The van der Waals surface area contributed by atoms with Crippen LogP contribution in [-0.4, -0.2) is 18.6 Å². The number of hydrogen-bond acceptors (Lipinski definition) is 3. The number of aromatic nitrogens is 1. The maximum Gasteiger partial charge on any atom is 0.417 e. The van der Waals surface area contributed by atoms with Gasteiger partial charge in [-0.25, -0.2) is 4.98 Å². The Morgan fingerprint density at radius 2 is 2.10 bits per heavy atom. The lowest BCUT2D eigenvalue weighted by Gasteiger charge is -2.11. The summed E-state index contributed by atoms with van der Waals surface area (Å²) in [6.07, 6.45) is -2.60. The molecule has 1 heterocycles. The van der Waals surface area contributed by atoms with Crippen molar-refractivity contribution in [3.63, 3.8) is 0 Å². The van der Waals surface area contributed by atoms with Crippen molar-refractivity contribution in [1.82, 2.24) is 10.3 Å². The van der Waals surface area contributed by atoms with Crippen molar-refractivity contribution in [2.45, 2.75) is 12.6 Å². The van der Waals surface area contributed by atoms with Gasteiger partial charge in [0.25, 0.3) is 0 Å². The molecular weight excluding hydrogens is 337 g/mol. The fourth-order valence-electron chi connectivity index (χ4n) is 1.75. The molecule has 1 aromatic heterocycles. The molecule has 0 saturated heterocycles. The Labute approximate surface area is 122 Å². The number of likely N-dealkylation sites (N-methyl/N-ethyl adjacent to an activating group) is 1. The Balaban J connectivity index is 2.39. The van der Waals surface area contributed by atoms with Crippen molar-refractivity contribution < 1.29 is 17.6 Å². The second-order valence-corrected chi connectivity index (χ2v) is 5.08. The summed E-state index contributed by atoms with van der Waals surface area (Å²) >= 11 is 3.05. The van der Waals surface area contributed by atoms with Crippen LogP contribution in [-0.2, 0) is 12.6 Å². The Morgan fingerprint density at radius 1 is 1.35 bits per heavy atom. The first-order valence-electron chi connectivity index (χ1n) is 5.88. The second kappa shape index (κ2) is 5.97. The minimum absolute atomic E-state index is 0.0103. The maximum atomic E-state index is 13.0. The van der Waals surface area contributed by atoms with Crippen LogP contribution in [0.2, 0.25) is 0 Å². The molecule has 0 unspecified atom stereocenters. The fourth-order valence-corrected chi connectivity index (χ4v) is 2.11. The van der Waals surface area contributed by atoms with Crippen molar-refractivity contribution in [3.8, 4) is 11.3 Å². The molecule has 1 aromatic carbocycles. The molecule has 108 valence electrons. The molecule has 0 saturated carbocycles. The van der Waals surface area contributed by atoms with Gasteiger partial charge < -0.3 is 9.73 Å². The summed E-state index contributed by atoms with van der Waals surface area (Å²) < 4.78 is 44.8. The largest absolute Gasteiger partial charge is 0.441 e. The predicted molar refractivity (Wildman–Crippen MR) is 72.3 cm³/mol. The van der Waals surface area contributed by atoms with E-state index in [9.17, 15) is 13.2 Å². The van der Waals surface area contributed by atoms with Gasteiger partial charge in [-0.15, -0.1) is 0 Å². The average molecular weight is 349 g/mol. The maximum absolute atomic E-state index is 13.0. The van der Waals surface area contributed by atoms with E-state index in [4.69, 9.17) is 4.42 Å². The van der Waals surface area contributed by atoms with Gasteiger partial charge >= 0.3 is 6.18 Å². The molecule has 0 bridgehead atoms. The molecule has 0 spiro atoms. The molecule has 0 radical (unpaired) electrons. The summed E-state index contributed by atoms with van der Waals surface area (Å²) in [5.41, 5.74) is -0.757. The lowest BCUT2D eigenvalue weighted by molar-refractivity contribution is -0.137. The van der Waals surface area contributed by atoms with Crippen LogP contribution in [0.4, 0.5) is 13.2 Å². The van der Waals surface area contributed by atoms with E-state index in [1.165, 1.54) is 12.3 Å². The Hall–Kier alpha value is -1.34. The number of hydrogen-bond donors (Lipinski definition) is 1. The zero-order valence-electron chi connectivity index (χ0n) is 10.6. The standard InChI is InChI=1S/C13H12BrF3N2O/c1-18-5-4-12-19-7-11(20-12)9-3-2-8(14)6-10(9)13(15,16)17/h2-3,6-7,18H,4-5H2,1H3. The van der Waals surface area contributed by atoms with E-state index in [2.05, 4.69) is 26.2 Å². The monoisotopic (exact) mass is 348 g/mol. The third kappa shape index (κ3) is 3.40. The van der Waals surface area contributed by atoms with Crippen LogP contribution in [0, 0.1) is 0 Å². The average Bonchev–Trinajstić information content (AvgIpc) is 2.84. The first-order chi connectivity index (χ1) is 9.41. The third-order valence-electron chi connectivity index (χ3n) is 2.69. The lowest BCUT2D eigenvalue weighted by atomic mass is 10.1. The quantitative estimate of drug-likeness (QED) is 0.910. The summed E-state index contributed by atoms with van der Waals surface area (Å²) in [5, 5.41) is 2.92. The minimum atomic E-state index is -4.45. The molecule has 0 fully saturated rings. The number of oxazole rings is 1. The van der Waals surface area contributed by atoms with Gasteiger partial charge in [0.2, 0.25) is 0 Å². The predicted octanol–water partition coefficient (Wildman–Crippen LogP) is 3.88. The van der Waals surface area contributed by atoms with Crippen LogP contribution >= 0.6 is 15.9 Å². The number of benzene rings is 1. The topological polar surface area (TPSA) is 38.1 Å². The Bertz CT molecular complexity index is 596. The number of halogens is 4. The number of nitrogens with zero attached hydrogens (tertiary/aromatic N) is 1. The second-order valence-electron chi connectivity index (χ2n) is 4.16. The molecule has 0 amide bonds. The van der Waals surface area contributed by atoms with E-state index < -0.39 is 11.7 Å². The van der Waals surface area contributed by atoms with Gasteiger partial charge in [0, 0.05) is 23.0 Å². The minimum Gasteiger partial charge on any atom is -0.441 e. The van der Waals surface area contributed by atoms with Crippen molar-refractivity contribution in [2.75, 3.05) is 13.6 Å². The highest BCUT2D eigenvalue weighted by Crippen LogP contribution is 2.38. The van der Waals surface area contributed by atoms with E-state index in [0.717, 1.165) is 6.07 Å². The molecule has 2 rings (SSSR count). The van der Waals surface area contributed by atoms with Crippen LogP contribution in [0.5, 0.6) is 0 Å². The van der Waals surface area contributed by atoms with Gasteiger partial charge in [0.05, 0.1) is 11.8 Å². The summed E-state index contributed by atoms with van der Waals surface area (Å²) in [6.45, 7) is 0.645. The van der Waals surface area contributed by atoms with Crippen LogP contribution in [0.1, 0.15) is 11.5 Å². The van der Waals surface area contributed by atoms with Gasteiger partial charge in [-0.05, 0) is 25.2 Å². The van der Waals surface area contributed by atoms with Crippen molar-refractivity contribution >= 4 is 15.9 Å². The number of nitrogens with one attached hydrogen (secondary N) is 1. The third-order valence-corrected chi connectivity index (χ3v) is 3.19. The van der Waals surface area contributed by atoms with Crippen LogP contribution in [0.15, 0.2) is 33.3 Å². The molecule has 2 aromatic rings. The zero-order chi connectivity index (χ0) is 14.8. The molecule has 7 heteroatoms. The normalized spacial score (nSPS) is 11.8. The van der Waals surface area contributed by atoms with E-state index >= 15 is 0 Å². The van der Waals surface area contributed by atoms with E-state index in [1.807, 2.05) is 0 Å². The summed E-state index contributed by atoms with van der Waals surface area (Å²) in [6, 6.07) is 3.95. The molecule has 0 aliphatic rings. The SMILES string of the molecule is CNCCc1ncc(-c2ccc(Br)cc2C(F)(F)F)o1. The molecule has 3 nitrogen and oxygen atoms in total. The molecule has 0 aliphatic carbocycles. The number of rotatable bonds is 4. The zero-order valence-corrected chi connectivity index (χ0v) is 12.2. The van der Waals surface area contributed by atoms with Crippen LogP contribution in [0.25, 0.3) is 11.3 Å². The molecular formula is C13H12BrF3N2O. The van der Waals surface area contributed by atoms with Crippen molar-refractivity contribution in [1.29, 1.82) is 0 Å². The highest BCUT2D eigenvalue weighted by Gasteiger charge is 2.34. The van der Waals surface area contributed by atoms with Crippen molar-refractivity contribution in [3.05, 3.63) is 40.3 Å². The Kier molecular flexibility index (Phi) is 4.49. The molecule has 0 atom stereocenters. The summed E-state index contributed by atoms with van der Waals surface area (Å²) in [7, 11) is 1.78. The summed E-state index contributed by atoms with van der Waals surface area (Å²) in [4.78, 5) is 3.99. The Morgan fingerprint density at radius 3 is 2.75 bits per heavy atom. The molecule has 0 aliphatic heterocycles. The summed E-state index contributed by atoms with van der Waals surface area (Å²) in [5.74, 6) is 0.529. The first kappa shape index (κ1) is 15.1. The van der Waals surface area contributed by atoms with Gasteiger partial charge in [0.1, 0.15) is 0 Å². The number of alkyl halides is 3.